The van der Waals surface area contributed by atoms with E-state index in [9.17, 15) is 4.79 Å². The predicted molar refractivity (Wildman–Crippen MR) is 75.9 cm³/mol. The van der Waals surface area contributed by atoms with Gasteiger partial charge in [-0.05, 0) is 55.8 Å². The van der Waals surface area contributed by atoms with Crippen LogP contribution in [0.3, 0.4) is 0 Å². The summed E-state index contributed by atoms with van der Waals surface area (Å²) in [7, 11) is 2.01. The van der Waals surface area contributed by atoms with Crippen molar-refractivity contribution in [3.05, 3.63) is 0 Å². The van der Waals surface area contributed by atoms with E-state index in [1.165, 1.54) is 32.1 Å². The molecule has 0 aromatic rings. The molecule has 0 radical (unpaired) electrons. The van der Waals surface area contributed by atoms with E-state index in [1.807, 2.05) is 7.05 Å². The van der Waals surface area contributed by atoms with Gasteiger partial charge in [-0.15, -0.1) is 0 Å². The second-order valence-corrected chi connectivity index (χ2v) is 7.68. The standard InChI is InChI=1S/C16H26N2O2/c1-18(16(19)13-7-20-8-14(13)17)15-11-3-9-2-10(5-11)6-12(15)4-9/h9-15H,2-8,17H2,1H3. The summed E-state index contributed by atoms with van der Waals surface area (Å²) in [4.78, 5) is 14.8. The Kier molecular flexibility index (Phi) is 3.08. The van der Waals surface area contributed by atoms with Crippen molar-refractivity contribution in [3.63, 3.8) is 0 Å². The van der Waals surface area contributed by atoms with Crippen molar-refractivity contribution < 1.29 is 9.53 Å². The fourth-order valence-electron chi connectivity index (χ4n) is 5.76. The van der Waals surface area contributed by atoms with Crippen molar-refractivity contribution in [2.45, 2.75) is 44.2 Å². The molecule has 2 unspecified atom stereocenters. The molecule has 1 heterocycles. The fraction of sp³-hybridized carbons (Fsp3) is 0.938. The predicted octanol–water partition coefficient (Wildman–Crippen LogP) is 1.24. The van der Waals surface area contributed by atoms with Gasteiger partial charge in [-0.1, -0.05) is 0 Å². The summed E-state index contributed by atoms with van der Waals surface area (Å²) < 4.78 is 5.37. The van der Waals surface area contributed by atoms with Crippen LogP contribution in [0.1, 0.15) is 32.1 Å². The third kappa shape index (κ3) is 1.92. The Morgan fingerprint density at radius 2 is 1.65 bits per heavy atom. The van der Waals surface area contributed by atoms with E-state index >= 15 is 0 Å². The summed E-state index contributed by atoms with van der Waals surface area (Å²) >= 11 is 0. The molecule has 5 rings (SSSR count). The highest BCUT2D eigenvalue weighted by Crippen LogP contribution is 2.55. The summed E-state index contributed by atoms with van der Waals surface area (Å²) in [6.07, 6.45) is 6.86. The van der Waals surface area contributed by atoms with Crippen LogP contribution in [0.4, 0.5) is 0 Å². The number of hydrogen-bond donors (Lipinski definition) is 1. The van der Waals surface area contributed by atoms with Gasteiger partial charge in [0, 0.05) is 19.1 Å². The summed E-state index contributed by atoms with van der Waals surface area (Å²) in [5.74, 6) is 3.52. The maximum atomic E-state index is 12.7. The van der Waals surface area contributed by atoms with Gasteiger partial charge in [-0.25, -0.2) is 0 Å². The van der Waals surface area contributed by atoms with Crippen LogP contribution < -0.4 is 5.73 Å². The molecule has 1 saturated heterocycles. The molecule has 4 bridgehead atoms. The van der Waals surface area contributed by atoms with Gasteiger partial charge in [0.25, 0.3) is 0 Å². The summed E-state index contributed by atoms with van der Waals surface area (Å²) in [5.41, 5.74) is 6.02. The lowest BCUT2D eigenvalue weighted by molar-refractivity contribution is -0.145. The number of carbonyl (C=O) groups excluding carboxylic acids is 1. The minimum atomic E-state index is -0.114. The molecule has 4 aliphatic carbocycles. The van der Waals surface area contributed by atoms with Crippen LogP contribution in [-0.2, 0) is 9.53 Å². The molecule has 0 aromatic heterocycles. The van der Waals surface area contributed by atoms with E-state index in [2.05, 4.69) is 4.90 Å². The number of rotatable bonds is 2. The van der Waals surface area contributed by atoms with Gasteiger partial charge >= 0.3 is 0 Å². The molecule has 2 atom stereocenters. The molecule has 1 amide bonds. The van der Waals surface area contributed by atoms with Crippen LogP contribution in [0.15, 0.2) is 0 Å². The molecule has 4 saturated carbocycles. The number of amides is 1. The first-order valence-electron chi connectivity index (χ1n) is 8.23. The van der Waals surface area contributed by atoms with Crippen molar-refractivity contribution in [3.8, 4) is 0 Å². The maximum Gasteiger partial charge on any atom is 0.229 e. The Balaban J connectivity index is 1.51. The molecule has 2 N–H and O–H groups in total. The highest BCUT2D eigenvalue weighted by molar-refractivity contribution is 5.80. The number of ether oxygens (including phenoxy) is 1. The second-order valence-electron chi connectivity index (χ2n) is 7.68. The van der Waals surface area contributed by atoms with Gasteiger partial charge in [0.15, 0.2) is 0 Å². The molecule has 1 aliphatic heterocycles. The molecule has 4 heteroatoms. The first kappa shape index (κ1) is 13.1. The molecule has 0 aromatic carbocycles. The van der Waals surface area contributed by atoms with E-state index < -0.39 is 0 Å². The van der Waals surface area contributed by atoms with E-state index in [-0.39, 0.29) is 17.9 Å². The van der Waals surface area contributed by atoms with Gasteiger partial charge in [-0.3, -0.25) is 4.79 Å². The minimum absolute atomic E-state index is 0.109. The third-order valence-electron chi connectivity index (χ3n) is 6.41. The molecule has 20 heavy (non-hydrogen) atoms. The average molecular weight is 278 g/mol. The van der Waals surface area contributed by atoms with E-state index in [0.717, 1.165) is 23.7 Å². The molecule has 5 fully saturated rings. The average Bonchev–Trinajstić information content (AvgIpc) is 2.82. The van der Waals surface area contributed by atoms with Gasteiger partial charge in [-0.2, -0.15) is 0 Å². The number of hydrogen-bond acceptors (Lipinski definition) is 3. The zero-order chi connectivity index (χ0) is 13.9. The molecular formula is C16H26N2O2. The van der Waals surface area contributed by atoms with Crippen LogP contribution in [0.5, 0.6) is 0 Å². The van der Waals surface area contributed by atoms with Crippen molar-refractivity contribution in [1.29, 1.82) is 0 Å². The fourth-order valence-corrected chi connectivity index (χ4v) is 5.76. The molecule has 4 nitrogen and oxygen atoms in total. The highest BCUT2D eigenvalue weighted by Gasteiger charge is 2.51. The lowest BCUT2D eigenvalue weighted by atomic mass is 9.54. The van der Waals surface area contributed by atoms with E-state index in [1.54, 1.807) is 0 Å². The molecule has 112 valence electrons. The van der Waals surface area contributed by atoms with E-state index in [0.29, 0.717) is 19.3 Å². The van der Waals surface area contributed by atoms with Crippen LogP contribution >= 0.6 is 0 Å². The quantitative estimate of drug-likeness (QED) is 0.827. The third-order valence-corrected chi connectivity index (χ3v) is 6.41. The Labute approximate surface area is 121 Å². The van der Waals surface area contributed by atoms with Crippen LogP contribution in [0.25, 0.3) is 0 Å². The SMILES string of the molecule is CN(C(=O)C1COCC1N)C1C2CC3CC(C2)CC1C3. The minimum Gasteiger partial charge on any atom is -0.379 e. The van der Waals surface area contributed by atoms with Crippen molar-refractivity contribution in [2.24, 2.45) is 35.3 Å². The number of nitrogens with zero attached hydrogens (tertiary/aromatic N) is 1. The normalized spacial score (nSPS) is 49.6. The van der Waals surface area contributed by atoms with E-state index in [4.69, 9.17) is 10.5 Å². The smallest absolute Gasteiger partial charge is 0.229 e. The Hall–Kier alpha value is -0.610. The topological polar surface area (TPSA) is 55.6 Å². The lowest BCUT2D eigenvalue weighted by Crippen LogP contribution is -2.58. The van der Waals surface area contributed by atoms with Crippen molar-refractivity contribution >= 4 is 5.91 Å². The van der Waals surface area contributed by atoms with Gasteiger partial charge in [0.05, 0.1) is 19.1 Å². The van der Waals surface area contributed by atoms with Crippen LogP contribution in [0, 0.1) is 29.6 Å². The summed E-state index contributed by atoms with van der Waals surface area (Å²) in [6.45, 7) is 1.05. The first-order valence-corrected chi connectivity index (χ1v) is 8.23. The second kappa shape index (κ2) is 4.70. The monoisotopic (exact) mass is 278 g/mol. The highest BCUT2D eigenvalue weighted by atomic mass is 16.5. The van der Waals surface area contributed by atoms with Crippen molar-refractivity contribution in [1.82, 2.24) is 4.90 Å². The zero-order valence-electron chi connectivity index (χ0n) is 12.3. The molecule has 0 spiro atoms. The Morgan fingerprint density at radius 1 is 1.05 bits per heavy atom. The lowest BCUT2D eigenvalue weighted by Gasteiger charge is -2.56. The first-order chi connectivity index (χ1) is 9.63. The Morgan fingerprint density at radius 3 is 2.15 bits per heavy atom. The zero-order valence-corrected chi connectivity index (χ0v) is 12.3. The largest absolute Gasteiger partial charge is 0.379 e. The number of nitrogens with two attached hydrogens (primary N) is 1. The molecule has 5 aliphatic rings. The van der Waals surface area contributed by atoms with Crippen molar-refractivity contribution in [2.75, 3.05) is 20.3 Å². The summed E-state index contributed by atoms with van der Waals surface area (Å²) in [6, 6.07) is 0.366. The summed E-state index contributed by atoms with van der Waals surface area (Å²) in [5, 5.41) is 0. The van der Waals surface area contributed by atoms with Crippen LogP contribution in [-0.4, -0.2) is 43.2 Å². The number of carbonyl (C=O) groups is 1. The van der Waals surface area contributed by atoms with Gasteiger partial charge in [0.1, 0.15) is 0 Å². The maximum absolute atomic E-state index is 12.7. The molecular weight excluding hydrogens is 252 g/mol. The van der Waals surface area contributed by atoms with Gasteiger partial charge in [0.2, 0.25) is 5.91 Å². The van der Waals surface area contributed by atoms with Gasteiger partial charge < -0.3 is 15.4 Å². The Bertz CT molecular complexity index is 383. The van der Waals surface area contributed by atoms with Crippen LogP contribution in [0.2, 0.25) is 0 Å².